The molecule has 0 aliphatic carbocycles. The molecule has 1 amide bonds. The van der Waals surface area contributed by atoms with Crippen molar-refractivity contribution in [1.29, 1.82) is 0 Å². The van der Waals surface area contributed by atoms with Gasteiger partial charge in [-0.05, 0) is 48.9 Å². The summed E-state index contributed by atoms with van der Waals surface area (Å²) in [6.07, 6.45) is 5.18. The van der Waals surface area contributed by atoms with Crippen LogP contribution < -0.4 is 0 Å². The zero-order valence-corrected chi connectivity index (χ0v) is 11.4. The van der Waals surface area contributed by atoms with Crippen LogP contribution in [0.15, 0.2) is 22.7 Å². The van der Waals surface area contributed by atoms with E-state index in [0.29, 0.717) is 11.9 Å². The summed E-state index contributed by atoms with van der Waals surface area (Å²) in [7, 11) is 0. The van der Waals surface area contributed by atoms with Gasteiger partial charge in [0.1, 0.15) is 0 Å². The van der Waals surface area contributed by atoms with E-state index in [-0.39, 0.29) is 0 Å². The molecule has 1 aromatic rings. The van der Waals surface area contributed by atoms with Gasteiger partial charge in [-0.15, -0.1) is 0 Å². The lowest BCUT2D eigenvalue weighted by Crippen LogP contribution is -2.30. The number of aryl methyl sites for hydroxylation is 1. The largest absolute Gasteiger partial charge is 0.336 e. The number of hydrogen-bond donors (Lipinski definition) is 0. The fourth-order valence-electron chi connectivity index (χ4n) is 3.04. The van der Waals surface area contributed by atoms with Gasteiger partial charge in [0.25, 0.3) is 0 Å². The number of carbonyl (C=O) groups is 1. The third kappa shape index (κ3) is 2.01. The molecule has 0 N–H and O–H groups in total. The first-order valence-corrected chi connectivity index (χ1v) is 7.13. The molecule has 0 aromatic heterocycles. The van der Waals surface area contributed by atoms with Crippen molar-refractivity contribution in [2.45, 2.75) is 38.1 Å². The Bertz CT molecular complexity index is 458. The Morgan fingerprint density at radius 3 is 3.00 bits per heavy atom. The van der Waals surface area contributed by atoms with Gasteiger partial charge >= 0.3 is 0 Å². The fraction of sp³-hybridized carbons (Fsp3) is 0.500. The summed E-state index contributed by atoms with van der Waals surface area (Å²) in [6, 6.07) is 6.86. The van der Waals surface area contributed by atoms with Gasteiger partial charge in [-0.3, -0.25) is 4.79 Å². The van der Waals surface area contributed by atoms with Crippen LogP contribution in [0.5, 0.6) is 0 Å². The van der Waals surface area contributed by atoms with E-state index in [0.717, 1.165) is 36.7 Å². The zero-order valence-electron chi connectivity index (χ0n) is 9.79. The van der Waals surface area contributed by atoms with Crippen molar-refractivity contribution in [2.24, 2.45) is 0 Å². The number of halogens is 1. The molecular formula is C14H16BrNO. The third-order valence-corrected chi connectivity index (χ3v) is 4.38. The molecule has 3 heteroatoms. The molecule has 1 atom stereocenters. The van der Waals surface area contributed by atoms with Crippen LogP contribution in [-0.4, -0.2) is 17.4 Å². The van der Waals surface area contributed by atoms with Gasteiger partial charge in [-0.1, -0.05) is 22.0 Å². The molecule has 2 aliphatic rings. The van der Waals surface area contributed by atoms with Crippen molar-refractivity contribution >= 4 is 21.8 Å². The van der Waals surface area contributed by atoms with E-state index in [1.165, 1.54) is 17.5 Å². The van der Waals surface area contributed by atoms with Gasteiger partial charge in [-0.2, -0.15) is 0 Å². The third-order valence-electron chi connectivity index (χ3n) is 3.89. The zero-order chi connectivity index (χ0) is 11.8. The van der Waals surface area contributed by atoms with Gasteiger partial charge in [0.15, 0.2) is 0 Å². The molecule has 1 aromatic carbocycles. The lowest BCUT2D eigenvalue weighted by Gasteiger charge is -2.29. The topological polar surface area (TPSA) is 20.3 Å². The maximum Gasteiger partial charge on any atom is 0.223 e. The van der Waals surface area contributed by atoms with Gasteiger partial charge in [0.2, 0.25) is 5.91 Å². The van der Waals surface area contributed by atoms with Gasteiger partial charge < -0.3 is 4.90 Å². The second kappa shape index (κ2) is 4.45. The van der Waals surface area contributed by atoms with Crippen molar-refractivity contribution < 1.29 is 4.79 Å². The van der Waals surface area contributed by atoms with Crippen LogP contribution in [0, 0.1) is 0 Å². The minimum Gasteiger partial charge on any atom is -0.336 e. The Balaban J connectivity index is 2.06. The Labute approximate surface area is 110 Å². The van der Waals surface area contributed by atoms with Crippen LogP contribution in [0.1, 0.15) is 42.9 Å². The predicted octanol–water partition coefficient (Wildman–Crippen LogP) is 3.45. The van der Waals surface area contributed by atoms with Crippen LogP contribution in [-0.2, 0) is 11.2 Å². The Kier molecular flexibility index (Phi) is 2.95. The molecule has 90 valence electrons. The Hall–Kier alpha value is -0.830. The number of amides is 1. The van der Waals surface area contributed by atoms with E-state index in [9.17, 15) is 4.79 Å². The predicted molar refractivity (Wildman–Crippen MR) is 70.8 cm³/mol. The first-order valence-electron chi connectivity index (χ1n) is 6.33. The van der Waals surface area contributed by atoms with Crippen molar-refractivity contribution in [3.63, 3.8) is 0 Å². The van der Waals surface area contributed by atoms with Crippen LogP contribution >= 0.6 is 15.9 Å². The second-order valence-electron chi connectivity index (χ2n) is 4.94. The van der Waals surface area contributed by atoms with Crippen LogP contribution in [0.2, 0.25) is 0 Å². The molecule has 2 nitrogen and oxygen atoms in total. The lowest BCUT2D eigenvalue weighted by molar-refractivity contribution is -0.129. The first-order chi connectivity index (χ1) is 8.25. The molecule has 0 saturated carbocycles. The Morgan fingerprint density at radius 1 is 1.24 bits per heavy atom. The normalized spacial score (nSPS) is 23.9. The highest BCUT2D eigenvalue weighted by atomic mass is 79.9. The molecule has 1 fully saturated rings. The molecule has 0 spiro atoms. The molecule has 0 radical (unpaired) electrons. The Morgan fingerprint density at radius 2 is 2.12 bits per heavy atom. The quantitative estimate of drug-likeness (QED) is 0.717. The summed E-state index contributed by atoms with van der Waals surface area (Å²) >= 11 is 3.54. The molecule has 1 saturated heterocycles. The number of hydrogen-bond acceptors (Lipinski definition) is 1. The molecule has 0 bridgehead atoms. The summed E-state index contributed by atoms with van der Waals surface area (Å²) in [6.45, 7) is 0.940. The number of rotatable bonds is 0. The van der Waals surface area contributed by atoms with E-state index in [2.05, 4.69) is 39.0 Å². The van der Waals surface area contributed by atoms with Crippen molar-refractivity contribution in [1.82, 2.24) is 4.90 Å². The van der Waals surface area contributed by atoms with Gasteiger partial charge in [-0.25, -0.2) is 0 Å². The number of benzene rings is 1. The smallest absolute Gasteiger partial charge is 0.223 e. The molecule has 1 unspecified atom stereocenters. The maximum atomic E-state index is 11.9. The highest BCUT2D eigenvalue weighted by Crippen LogP contribution is 2.37. The highest BCUT2D eigenvalue weighted by Gasteiger charge is 2.33. The van der Waals surface area contributed by atoms with E-state index < -0.39 is 0 Å². The summed E-state index contributed by atoms with van der Waals surface area (Å²) in [5.41, 5.74) is 2.79. The average molecular weight is 294 g/mol. The molecule has 3 rings (SSSR count). The lowest BCUT2D eigenvalue weighted by atomic mass is 9.93. The van der Waals surface area contributed by atoms with Crippen molar-refractivity contribution in [3.8, 4) is 0 Å². The maximum absolute atomic E-state index is 11.9. The van der Waals surface area contributed by atoms with Gasteiger partial charge in [0.05, 0.1) is 6.04 Å². The van der Waals surface area contributed by atoms with E-state index in [1.807, 2.05) is 0 Å². The average Bonchev–Trinajstić information content (AvgIpc) is 2.64. The van der Waals surface area contributed by atoms with Crippen molar-refractivity contribution in [2.75, 3.05) is 6.54 Å². The first kappa shape index (κ1) is 11.3. The minimum absolute atomic E-state index is 0.329. The number of nitrogens with zero attached hydrogens (tertiary/aromatic N) is 1. The fourth-order valence-corrected chi connectivity index (χ4v) is 3.42. The van der Waals surface area contributed by atoms with Crippen molar-refractivity contribution in [3.05, 3.63) is 33.8 Å². The summed E-state index contributed by atoms with van der Waals surface area (Å²) in [4.78, 5) is 14.0. The summed E-state index contributed by atoms with van der Waals surface area (Å²) < 4.78 is 1.12. The van der Waals surface area contributed by atoms with Crippen LogP contribution in [0.25, 0.3) is 0 Å². The summed E-state index contributed by atoms with van der Waals surface area (Å²) in [5, 5.41) is 0. The monoisotopic (exact) mass is 293 g/mol. The summed E-state index contributed by atoms with van der Waals surface area (Å²) in [5.74, 6) is 0.336. The number of carbonyl (C=O) groups excluding carboxylic acids is 1. The highest BCUT2D eigenvalue weighted by molar-refractivity contribution is 9.10. The van der Waals surface area contributed by atoms with E-state index in [4.69, 9.17) is 0 Å². The number of fused-ring (bicyclic) bond motifs is 3. The van der Waals surface area contributed by atoms with Gasteiger partial charge in [0, 0.05) is 17.4 Å². The van der Waals surface area contributed by atoms with Crippen LogP contribution in [0.4, 0.5) is 0 Å². The second-order valence-corrected chi connectivity index (χ2v) is 5.86. The standard InChI is InChI=1S/C14H16BrNO/c15-11-5-4-10-3-1-2-8-16-13(12(10)9-11)6-7-14(16)17/h4-5,9,13H,1-3,6-8H2. The SMILES string of the molecule is O=C1CCC2c3cc(Br)ccc3CCCCN12. The minimum atomic E-state index is 0.329. The molecule has 2 heterocycles. The van der Waals surface area contributed by atoms with E-state index in [1.54, 1.807) is 0 Å². The molecule has 17 heavy (non-hydrogen) atoms. The van der Waals surface area contributed by atoms with E-state index >= 15 is 0 Å². The molecule has 2 aliphatic heterocycles. The molecular weight excluding hydrogens is 278 g/mol. The van der Waals surface area contributed by atoms with Crippen LogP contribution in [0.3, 0.4) is 0 Å².